The molecule has 1 aliphatic rings. The van der Waals surface area contributed by atoms with Crippen LogP contribution in [0.25, 0.3) is 10.4 Å². The van der Waals surface area contributed by atoms with E-state index in [2.05, 4.69) is 4.98 Å². The van der Waals surface area contributed by atoms with E-state index < -0.39 is 38.1 Å². The second-order valence-electron chi connectivity index (χ2n) is 7.81. The molecule has 0 bridgehead atoms. The maximum absolute atomic E-state index is 13.2. The molecule has 1 aromatic heterocycles. The molecule has 7 nitrogen and oxygen atoms in total. The Kier molecular flexibility index (Phi) is 7.98. The summed E-state index contributed by atoms with van der Waals surface area (Å²) in [6, 6.07) is -0.185. The van der Waals surface area contributed by atoms with Crippen LogP contribution in [0, 0.1) is 0 Å². The van der Waals surface area contributed by atoms with Gasteiger partial charge in [0.1, 0.15) is 16.6 Å². The predicted molar refractivity (Wildman–Crippen MR) is 123 cm³/mol. The van der Waals surface area contributed by atoms with Crippen molar-refractivity contribution in [2.45, 2.75) is 56.3 Å². The number of alkyl halides is 3. The Hall–Kier alpha value is -1.73. The normalized spacial score (nSPS) is 18.1. The number of thiazole rings is 1. The fraction of sp³-hybridized carbons (Fsp3) is 0.450. The van der Waals surface area contributed by atoms with Crippen molar-refractivity contribution in [1.82, 2.24) is 14.6 Å². The summed E-state index contributed by atoms with van der Waals surface area (Å²) < 4.78 is 65.1. The van der Waals surface area contributed by atoms with Crippen molar-refractivity contribution in [2.24, 2.45) is 0 Å². The molecule has 1 N–H and O–H groups in total. The summed E-state index contributed by atoms with van der Waals surface area (Å²) in [5, 5.41) is -0.814. The Morgan fingerprint density at radius 3 is 2.56 bits per heavy atom. The third-order valence-corrected chi connectivity index (χ3v) is 9.01. The molecular formula is C20H20Cl2F3N3O4S2. The molecule has 1 aromatic carbocycles. The number of carbonyl (C=O) groups is 2. The van der Waals surface area contributed by atoms with Gasteiger partial charge in [0, 0.05) is 18.2 Å². The first-order valence-electron chi connectivity index (χ1n) is 10.1. The van der Waals surface area contributed by atoms with Crippen LogP contribution in [0.1, 0.15) is 53.4 Å². The minimum atomic E-state index is -4.81. The minimum absolute atomic E-state index is 0.00701. The highest BCUT2D eigenvalue weighted by Crippen LogP contribution is 2.42. The van der Waals surface area contributed by atoms with Crippen LogP contribution in [-0.2, 0) is 10.0 Å². The number of rotatable bonds is 6. The zero-order chi connectivity index (χ0) is 25.4. The zero-order valence-electron chi connectivity index (χ0n) is 17.9. The molecule has 1 aliphatic heterocycles. The maximum Gasteiger partial charge on any atom is 0.404 e. The zero-order valence-corrected chi connectivity index (χ0v) is 21.1. The fourth-order valence-corrected chi connectivity index (χ4v) is 6.58. The van der Waals surface area contributed by atoms with E-state index in [0.29, 0.717) is 19.8 Å². The lowest BCUT2D eigenvalue weighted by Crippen LogP contribution is -2.43. The predicted octanol–water partition coefficient (Wildman–Crippen LogP) is 5.17. The number of benzene rings is 1. The van der Waals surface area contributed by atoms with Crippen LogP contribution >= 0.6 is 34.5 Å². The Balaban J connectivity index is 2.05. The van der Waals surface area contributed by atoms with Crippen LogP contribution in [0.15, 0.2) is 17.0 Å². The Morgan fingerprint density at radius 1 is 1.29 bits per heavy atom. The number of nitrogens with zero attached hydrogens (tertiary/aromatic N) is 2. The highest BCUT2D eigenvalue weighted by Gasteiger charge is 2.39. The van der Waals surface area contributed by atoms with Gasteiger partial charge in [0.2, 0.25) is 10.0 Å². The van der Waals surface area contributed by atoms with Gasteiger partial charge in [0.25, 0.3) is 5.91 Å². The molecule has 1 saturated heterocycles. The van der Waals surface area contributed by atoms with Gasteiger partial charge in [0.15, 0.2) is 11.3 Å². The lowest BCUT2D eigenvalue weighted by Gasteiger charge is -2.33. The van der Waals surface area contributed by atoms with E-state index in [1.165, 1.54) is 10.8 Å². The van der Waals surface area contributed by atoms with Crippen molar-refractivity contribution < 1.29 is 31.2 Å². The summed E-state index contributed by atoms with van der Waals surface area (Å²) in [6.45, 7) is 3.07. The van der Waals surface area contributed by atoms with Gasteiger partial charge in [-0.1, -0.05) is 29.3 Å². The molecule has 2 aromatic rings. The minimum Gasteiger partial charge on any atom is -0.335 e. The Bertz CT molecular complexity index is 1220. The number of amides is 1. The van der Waals surface area contributed by atoms with Crippen LogP contribution in [0.5, 0.6) is 0 Å². The van der Waals surface area contributed by atoms with Crippen molar-refractivity contribution >= 4 is 56.8 Å². The molecule has 34 heavy (non-hydrogen) atoms. The van der Waals surface area contributed by atoms with E-state index in [1.807, 2.05) is 6.92 Å². The number of likely N-dealkylation sites (tertiary alicyclic amines) is 1. The lowest BCUT2D eigenvalue weighted by atomic mass is 10.0. The third kappa shape index (κ3) is 5.40. The molecule has 1 fully saturated rings. The van der Waals surface area contributed by atoms with Gasteiger partial charge in [-0.25, -0.2) is 13.4 Å². The summed E-state index contributed by atoms with van der Waals surface area (Å²) in [7, 11) is -4.68. The van der Waals surface area contributed by atoms with Gasteiger partial charge in [-0.15, -0.1) is 11.3 Å². The molecule has 0 aliphatic carbocycles. The highest BCUT2D eigenvalue weighted by molar-refractivity contribution is 7.89. The molecule has 14 heteroatoms. The second-order valence-corrected chi connectivity index (χ2v) is 11.3. The highest BCUT2D eigenvalue weighted by atomic mass is 35.5. The van der Waals surface area contributed by atoms with Crippen molar-refractivity contribution in [3.8, 4) is 10.4 Å². The van der Waals surface area contributed by atoms with E-state index in [-0.39, 0.29) is 32.2 Å². The van der Waals surface area contributed by atoms with Crippen LogP contribution in [0.4, 0.5) is 13.2 Å². The number of aldehydes is 1. The van der Waals surface area contributed by atoms with Gasteiger partial charge in [-0.3, -0.25) is 9.59 Å². The molecular weight excluding hydrogens is 538 g/mol. The third-order valence-electron chi connectivity index (χ3n) is 5.41. The summed E-state index contributed by atoms with van der Waals surface area (Å²) >= 11 is 13.4. The van der Waals surface area contributed by atoms with Crippen LogP contribution in [-0.4, -0.2) is 55.3 Å². The Labute approximate surface area is 208 Å². The molecule has 0 spiro atoms. The summed E-state index contributed by atoms with van der Waals surface area (Å²) in [6.07, 6.45) is -1.72. The van der Waals surface area contributed by atoms with Crippen LogP contribution < -0.4 is 4.72 Å². The summed E-state index contributed by atoms with van der Waals surface area (Å²) in [4.78, 5) is 29.9. The molecule has 0 unspecified atom stereocenters. The number of nitrogens with one attached hydrogen (secondary N) is 1. The number of aromatic nitrogens is 1. The fourth-order valence-electron chi connectivity index (χ4n) is 3.53. The van der Waals surface area contributed by atoms with Gasteiger partial charge < -0.3 is 4.90 Å². The molecule has 0 saturated carbocycles. The molecule has 186 valence electrons. The first kappa shape index (κ1) is 26.9. The largest absolute Gasteiger partial charge is 0.404 e. The first-order chi connectivity index (χ1) is 15.8. The number of piperidine rings is 1. The molecule has 2 heterocycles. The first-order valence-corrected chi connectivity index (χ1v) is 13.2. The Morgan fingerprint density at radius 2 is 1.97 bits per heavy atom. The smallest absolute Gasteiger partial charge is 0.335 e. The quantitative estimate of drug-likeness (QED) is 0.494. The van der Waals surface area contributed by atoms with E-state index >= 15 is 0 Å². The molecule has 3 rings (SSSR count). The van der Waals surface area contributed by atoms with Gasteiger partial charge in [-0.05, 0) is 39.2 Å². The van der Waals surface area contributed by atoms with Crippen molar-refractivity contribution in [3.05, 3.63) is 32.9 Å². The second kappa shape index (κ2) is 10.1. The van der Waals surface area contributed by atoms with Gasteiger partial charge in [-0.2, -0.15) is 17.9 Å². The SMILES string of the molecule is C[C@H](NS(=O)(=O)c1ccc(-c2sc(C=O)nc2C(=O)N2CCCC[C@@H]2C)c(Cl)c1Cl)C(F)(F)F. The molecule has 1 amide bonds. The molecule has 2 atom stereocenters. The summed E-state index contributed by atoms with van der Waals surface area (Å²) in [5.41, 5.74) is 0.103. The number of hydrogen-bond acceptors (Lipinski definition) is 6. The van der Waals surface area contributed by atoms with Gasteiger partial charge >= 0.3 is 6.18 Å². The molecule has 0 radical (unpaired) electrons. The monoisotopic (exact) mass is 557 g/mol. The number of halogens is 5. The standard InChI is InChI=1S/C20H20Cl2F3N3O4S2/c1-10-5-3-4-8-28(10)19(30)17-18(33-14(9-29)26-17)12-6-7-13(16(22)15(12)21)34(31,32)27-11(2)20(23,24)25/h6-7,9-11,27H,3-5,8H2,1-2H3/t10-,11-/m0/s1. The van der Waals surface area contributed by atoms with E-state index in [4.69, 9.17) is 23.2 Å². The van der Waals surface area contributed by atoms with Crippen molar-refractivity contribution in [3.63, 3.8) is 0 Å². The van der Waals surface area contributed by atoms with E-state index in [0.717, 1.165) is 36.7 Å². The van der Waals surface area contributed by atoms with Gasteiger partial charge in [0.05, 0.1) is 14.9 Å². The van der Waals surface area contributed by atoms with Crippen molar-refractivity contribution in [1.29, 1.82) is 0 Å². The van der Waals surface area contributed by atoms with Crippen LogP contribution in [0.3, 0.4) is 0 Å². The average molecular weight is 558 g/mol. The lowest BCUT2D eigenvalue weighted by molar-refractivity contribution is -0.147. The maximum atomic E-state index is 13.2. The van der Waals surface area contributed by atoms with Crippen molar-refractivity contribution in [2.75, 3.05) is 6.54 Å². The van der Waals surface area contributed by atoms with E-state index in [1.54, 1.807) is 4.90 Å². The summed E-state index contributed by atoms with van der Waals surface area (Å²) in [5.74, 6) is -0.406. The number of hydrogen-bond donors (Lipinski definition) is 1. The topological polar surface area (TPSA) is 96.4 Å². The number of sulfonamides is 1. The number of carbonyl (C=O) groups excluding carboxylic acids is 2. The van der Waals surface area contributed by atoms with Crippen LogP contribution in [0.2, 0.25) is 10.0 Å². The van der Waals surface area contributed by atoms with E-state index in [9.17, 15) is 31.2 Å². The average Bonchev–Trinajstić information content (AvgIpc) is 3.18.